The van der Waals surface area contributed by atoms with E-state index < -0.39 is 5.97 Å². The van der Waals surface area contributed by atoms with Gasteiger partial charge in [0.15, 0.2) is 0 Å². The molecule has 0 bridgehead atoms. The predicted octanol–water partition coefficient (Wildman–Crippen LogP) is 4.25. The van der Waals surface area contributed by atoms with Gasteiger partial charge in [-0.3, -0.25) is 9.78 Å². The molecular formula is C24H25N3O3. The highest BCUT2D eigenvalue weighted by Gasteiger charge is 2.02. The van der Waals surface area contributed by atoms with Crippen molar-refractivity contribution in [2.24, 2.45) is 5.16 Å². The van der Waals surface area contributed by atoms with Gasteiger partial charge in [0.05, 0.1) is 12.1 Å². The summed E-state index contributed by atoms with van der Waals surface area (Å²) in [4.78, 5) is 20.2. The minimum Gasteiger partial charge on any atom is -0.481 e. The summed E-state index contributed by atoms with van der Waals surface area (Å²) in [7, 11) is 0. The zero-order valence-electron chi connectivity index (χ0n) is 16.9. The molecule has 0 saturated heterocycles. The van der Waals surface area contributed by atoms with Crippen LogP contribution in [0.5, 0.6) is 0 Å². The van der Waals surface area contributed by atoms with E-state index >= 15 is 0 Å². The van der Waals surface area contributed by atoms with Crippen LogP contribution >= 0.6 is 0 Å². The Morgan fingerprint density at radius 3 is 2.43 bits per heavy atom. The van der Waals surface area contributed by atoms with Gasteiger partial charge in [0, 0.05) is 25.5 Å². The summed E-state index contributed by atoms with van der Waals surface area (Å²) in [5.41, 5.74) is 6.11. The van der Waals surface area contributed by atoms with Crippen LogP contribution < -0.4 is 5.32 Å². The highest BCUT2D eigenvalue weighted by Crippen LogP contribution is 2.18. The van der Waals surface area contributed by atoms with E-state index in [1.807, 2.05) is 61.7 Å². The van der Waals surface area contributed by atoms with Crippen LogP contribution in [-0.4, -0.2) is 28.3 Å². The topological polar surface area (TPSA) is 83.8 Å². The van der Waals surface area contributed by atoms with E-state index in [0.717, 1.165) is 33.5 Å². The Kier molecular flexibility index (Phi) is 7.69. The third-order valence-electron chi connectivity index (χ3n) is 4.60. The molecule has 3 rings (SSSR count). The van der Waals surface area contributed by atoms with Gasteiger partial charge >= 0.3 is 5.97 Å². The highest BCUT2D eigenvalue weighted by atomic mass is 16.6. The molecule has 154 valence electrons. The summed E-state index contributed by atoms with van der Waals surface area (Å²) in [6.45, 7) is 3.39. The zero-order valence-corrected chi connectivity index (χ0v) is 16.9. The fraction of sp³-hybridized carbons (Fsp3) is 0.208. The lowest BCUT2D eigenvalue weighted by atomic mass is 10.1. The molecule has 0 unspecified atom stereocenters. The van der Waals surface area contributed by atoms with Crippen molar-refractivity contribution in [2.45, 2.75) is 26.5 Å². The van der Waals surface area contributed by atoms with E-state index in [1.54, 1.807) is 6.20 Å². The Morgan fingerprint density at radius 1 is 1.03 bits per heavy atom. The molecular weight excluding hydrogens is 378 g/mol. The lowest BCUT2D eigenvalue weighted by Gasteiger charge is -2.06. The van der Waals surface area contributed by atoms with Gasteiger partial charge in [-0.25, -0.2) is 0 Å². The average molecular weight is 403 g/mol. The maximum absolute atomic E-state index is 10.5. The molecule has 3 aromatic rings. The van der Waals surface area contributed by atoms with Gasteiger partial charge in [-0.15, -0.1) is 0 Å². The van der Waals surface area contributed by atoms with Crippen LogP contribution in [-0.2, 0) is 22.8 Å². The Bertz CT molecular complexity index is 969. The van der Waals surface area contributed by atoms with Gasteiger partial charge in [0.2, 0.25) is 0 Å². The van der Waals surface area contributed by atoms with Crippen molar-refractivity contribution in [1.29, 1.82) is 0 Å². The summed E-state index contributed by atoms with van der Waals surface area (Å²) in [5, 5.41) is 16.0. The summed E-state index contributed by atoms with van der Waals surface area (Å²) in [6, 6.07) is 20.1. The number of carboxylic acids is 1. The second-order valence-electron chi connectivity index (χ2n) is 6.91. The van der Waals surface area contributed by atoms with Crippen molar-refractivity contribution in [3.05, 3.63) is 89.7 Å². The maximum Gasteiger partial charge on any atom is 0.304 e. The normalized spacial score (nSPS) is 11.3. The monoisotopic (exact) mass is 403 g/mol. The van der Waals surface area contributed by atoms with Crippen molar-refractivity contribution in [1.82, 2.24) is 10.3 Å². The van der Waals surface area contributed by atoms with E-state index in [9.17, 15) is 4.79 Å². The summed E-state index contributed by atoms with van der Waals surface area (Å²) >= 11 is 0. The fourth-order valence-electron chi connectivity index (χ4n) is 2.88. The van der Waals surface area contributed by atoms with Crippen molar-refractivity contribution in [3.63, 3.8) is 0 Å². The number of benzene rings is 2. The first-order valence-electron chi connectivity index (χ1n) is 9.79. The van der Waals surface area contributed by atoms with E-state index in [4.69, 9.17) is 9.94 Å². The molecule has 2 N–H and O–H groups in total. The number of aliphatic carboxylic acids is 1. The van der Waals surface area contributed by atoms with Gasteiger partial charge in [-0.1, -0.05) is 59.8 Å². The van der Waals surface area contributed by atoms with E-state index in [-0.39, 0.29) is 6.42 Å². The number of nitrogens with zero attached hydrogens (tertiary/aromatic N) is 2. The van der Waals surface area contributed by atoms with Crippen LogP contribution in [0.15, 0.2) is 78.2 Å². The van der Waals surface area contributed by atoms with Crippen molar-refractivity contribution >= 4 is 11.7 Å². The lowest BCUT2D eigenvalue weighted by molar-refractivity contribution is -0.136. The molecule has 0 spiro atoms. The van der Waals surface area contributed by atoms with Gasteiger partial charge in [0.1, 0.15) is 6.61 Å². The molecule has 0 fully saturated rings. The number of rotatable bonds is 10. The van der Waals surface area contributed by atoms with Crippen LogP contribution in [0.4, 0.5) is 0 Å². The van der Waals surface area contributed by atoms with Gasteiger partial charge < -0.3 is 15.3 Å². The Balaban J connectivity index is 1.48. The first-order chi connectivity index (χ1) is 14.6. The number of carbonyl (C=O) groups is 1. The molecule has 0 atom stereocenters. The summed E-state index contributed by atoms with van der Waals surface area (Å²) in [6.07, 6.45) is 3.73. The highest BCUT2D eigenvalue weighted by molar-refractivity contribution is 5.98. The summed E-state index contributed by atoms with van der Waals surface area (Å²) in [5.74, 6) is -0.797. The van der Waals surface area contributed by atoms with Crippen molar-refractivity contribution in [2.75, 3.05) is 6.54 Å². The zero-order chi connectivity index (χ0) is 21.2. The van der Waals surface area contributed by atoms with Crippen LogP contribution in [0.1, 0.15) is 30.0 Å². The number of nitrogens with one attached hydrogen (secondary N) is 1. The standard InChI is InChI=1S/C24H25N3O3/c1-18(21-8-4-19(5-9-21)15-26-14-12-24(28)29)27-30-17-20-6-10-22(11-7-20)23-3-2-13-25-16-23/h2-11,13,16,26H,12,14-15,17H2,1H3,(H,28,29)/b27-18-. The third kappa shape index (κ3) is 6.53. The largest absolute Gasteiger partial charge is 0.481 e. The SMILES string of the molecule is C/C(=N/OCc1ccc(-c2cccnc2)cc1)c1ccc(CNCCC(=O)O)cc1. The minimum atomic E-state index is -0.797. The molecule has 0 aliphatic carbocycles. The van der Waals surface area contributed by atoms with Crippen LogP contribution in [0.2, 0.25) is 0 Å². The smallest absolute Gasteiger partial charge is 0.304 e. The molecule has 0 aliphatic rings. The molecule has 6 nitrogen and oxygen atoms in total. The quantitative estimate of drug-likeness (QED) is 0.300. The fourth-order valence-corrected chi connectivity index (χ4v) is 2.88. The molecule has 6 heteroatoms. The van der Waals surface area contributed by atoms with Crippen LogP contribution in [0, 0.1) is 0 Å². The molecule has 1 aromatic heterocycles. The van der Waals surface area contributed by atoms with E-state index in [0.29, 0.717) is 19.7 Å². The molecule has 1 heterocycles. The first kappa shape index (κ1) is 21.2. The average Bonchev–Trinajstić information content (AvgIpc) is 2.78. The maximum atomic E-state index is 10.5. The molecule has 0 aliphatic heterocycles. The summed E-state index contributed by atoms with van der Waals surface area (Å²) < 4.78 is 0. The number of oxime groups is 1. The molecule has 0 amide bonds. The molecule has 2 aromatic carbocycles. The Morgan fingerprint density at radius 2 is 1.77 bits per heavy atom. The van der Waals surface area contributed by atoms with Crippen molar-refractivity contribution < 1.29 is 14.7 Å². The Labute approximate surface area is 176 Å². The lowest BCUT2D eigenvalue weighted by Crippen LogP contribution is -2.17. The van der Waals surface area contributed by atoms with Crippen LogP contribution in [0.25, 0.3) is 11.1 Å². The third-order valence-corrected chi connectivity index (χ3v) is 4.60. The number of hydrogen-bond acceptors (Lipinski definition) is 5. The number of carboxylic acid groups (broad SMARTS) is 1. The van der Waals surface area contributed by atoms with Gasteiger partial charge in [0.25, 0.3) is 0 Å². The van der Waals surface area contributed by atoms with Gasteiger partial charge in [-0.2, -0.15) is 0 Å². The first-order valence-corrected chi connectivity index (χ1v) is 9.79. The molecule has 0 radical (unpaired) electrons. The van der Waals surface area contributed by atoms with Crippen molar-refractivity contribution in [3.8, 4) is 11.1 Å². The van der Waals surface area contributed by atoms with Gasteiger partial charge in [-0.05, 0) is 40.8 Å². The Hall–Kier alpha value is -3.51. The molecule has 30 heavy (non-hydrogen) atoms. The second-order valence-corrected chi connectivity index (χ2v) is 6.91. The van der Waals surface area contributed by atoms with Crippen LogP contribution in [0.3, 0.4) is 0 Å². The number of aromatic nitrogens is 1. The second kappa shape index (κ2) is 10.9. The van der Waals surface area contributed by atoms with E-state index in [1.165, 1.54) is 0 Å². The number of hydrogen-bond donors (Lipinski definition) is 2. The van der Waals surface area contributed by atoms with E-state index in [2.05, 4.69) is 27.6 Å². The predicted molar refractivity (Wildman–Crippen MR) is 117 cm³/mol. The molecule has 0 saturated carbocycles. The minimum absolute atomic E-state index is 0.118. The number of pyridine rings is 1.